The molecule has 0 atom stereocenters. The second-order valence-corrected chi connectivity index (χ2v) is 5.03. The first kappa shape index (κ1) is 19.4. The third-order valence-corrected chi connectivity index (χ3v) is 3.07. The van der Waals surface area contributed by atoms with Gasteiger partial charge in [-0.3, -0.25) is 4.68 Å². The van der Waals surface area contributed by atoms with Crippen molar-refractivity contribution in [1.29, 1.82) is 0 Å². The first-order valence-corrected chi connectivity index (χ1v) is 7.43. The molecule has 1 aromatic heterocycles. The number of guanidine groups is 1. The normalized spacial score (nSPS) is 11.0. The van der Waals surface area contributed by atoms with E-state index in [0.29, 0.717) is 6.54 Å². The Morgan fingerprint density at radius 1 is 1.26 bits per heavy atom. The third-order valence-electron chi connectivity index (χ3n) is 3.07. The maximum atomic E-state index is 12.9. The van der Waals surface area contributed by atoms with Crippen LogP contribution < -0.4 is 10.6 Å². The van der Waals surface area contributed by atoms with Crippen molar-refractivity contribution in [3.8, 4) is 0 Å². The highest BCUT2D eigenvalue weighted by Crippen LogP contribution is 2.03. The molecule has 0 saturated carbocycles. The smallest absolute Gasteiger partial charge is 0.191 e. The second-order valence-electron chi connectivity index (χ2n) is 5.03. The summed E-state index contributed by atoms with van der Waals surface area (Å²) < 4.78 is 14.8. The summed E-state index contributed by atoms with van der Waals surface area (Å²) in [5, 5.41) is 10.7. The number of halogens is 2. The molecule has 7 heteroatoms. The molecule has 0 radical (unpaired) electrons. The topological polar surface area (TPSA) is 54.2 Å². The summed E-state index contributed by atoms with van der Waals surface area (Å²) in [6.45, 7) is 6.84. The van der Waals surface area contributed by atoms with Crippen molar-refractivity contribution in [2.24, 2.45) is 4.99 Å². The molecule has 0 aliphatic carbocycles. The van der Waals surface area contributed by atoms with Crippen LogP contribution in [0.5, 0.6) is 0 Å². The van der Waals surface area contributed by atoms with Gasteiger partial charge in [-0.05, 0) is 37.1 Å². The maximum absolute atomic E-state index is 12.9. The number of nitrogens with one attached hydrogen (secondary N) is 2. The van der Waals surface area contributed by atoms with E-state index in [1.165, 1.54) is 12.1 Å². The van der Waals surface area contributed by atoms with Crippen molar-refractivity contribution in [2.45, 2.75) is 26.9 Å². The van der Waals surface area contributed by atoms with Crippen LogP contribution in [0.2, 0.25) is 0 Å². The zero-order chi connectivity index (χ0) is 15.8. The molecule has 2 N–H and O–H groups in total. The van der Waals surface area contributed by atoms with Crippen LogP contribution in [0.1, 0.15) is 18.1 Å². The number of aliphatic imine (C=N–C) groups is 1. The second kappa shape index (κ2) is 10.2. The first-order valence-electron chi connectivity index (χ1n) is 7.43. The van der Waals surface area contributed by atoms with E-state index in [1.807, 2.05) is 30.9 Å². The highest BCUT2D eigenvalue weighted by atomic mass is 127. The first-order chi connectivity index (χ1) is 10.7. The average molecular weight is 431 g/mol. The Hall–Kier alpha value is -1.64. The Balaban J connectivity index is 0.00000264. The van der Waals surface area contributed by atoms with Gasteiger partial charge in [-0.15, -0.1) is 24.0 Å². The monoisotopic (exact) mass is 431 g/mol. The van der Waals surface area contributed by atoms with E-state index in [0.717, 1.165) is 36.7 Å². The van der Waals surface area contributed by atoms with Gasteiger partial charge in [-0.25, -0.2) is 9.38 Å². The van der Waals surface area contributed by atoms with Gasteiger partial charge in [0.1, 0.15) is 5.82 Å². The molecular formula is C16H23FIN5. The maximum Gasteiger partial charge on any atom is 0.191 e. The lowest BCUT2D eigenvalue weighted by Crippen LogP contribution is -2.38. The van der Waals surface area contributed by atoms with Gasteiger partial charge in [-0.1, -0.05) is 12.1 Å². The highest BCUT2D eigenvalue weighted by Gasteiger charge is 1.99. The zero-order valence-corrected chi connectivity index (χ0v) is 15.8. The molecule has 0 aliphatic rings. The summed E-state index contributed by atoms with van der Waals surface area (Å²) in [4.78, 5) is 4.49. The molecule has 5 nitrogen and oxygen atoms in total. The van der Waals surface area contributed by atoms with E-state index in [-0.39, 0.29) is 29.8 Å². The van der Waals surface area contributed by atoms with Crippen molar-refractivity contribution in [1.82, 2.24) is 20.4 Å². The minimum Gasteiger partial charge on any atom is -0.357 e. The van der Waals surface area contributed by atoms with Crippen molar-refractivity contribution >= 4 is 29.9 Å². The Bertz CT molecular complexity index is 609. The van der Waals surface area contributed by atoms with Crippen LogP contribution in [0, 0.1) is 12.7 Å². The molecule has 2 rings (SSSR count). The van der Waals surface area contributed by atoms with Gasteiger partial charge >= 0.3 is 0 Å². The number of hydrogen-bond donors (Lipinski definition) is 2. The minimum atomic E-state index is -0.229. The molecule has 0 unspecified atom stereocenters. The summed E-state index contributed by atoms with van der Waals surface area (Å²) in [5.41, 5.74) is 2.12. The molecule has 1 heterocycles. The van der Waals surface area contributed by atoms with Crippen LogP contribution >= 0.6 is 24.0 Å². The van der Waals surface area contributed by atoms with Crippen molar-refractivity contribution in [3.05, 3.63) is 53.6 Å². The number of rotatable bonds is 6. The van der Waals surface area contributed by atoms with E-state index >= 15 is 0 Å². The van der Waals surface area contributed by atoms with E-state index in [2.05, 4.69) is 20.7 Å². The Morgan fingerprint density at radius 2 is 2.00 bits per heavy atom. The van der Waals surface area contributed by atoms with Crippen LogP contribution in [0.15, 0.2) is 41.7 Å². The molecule has 1 aromatic carbocycles. The largest absolute Gasteiger partial charge is 0.357 e. The van der Waals surface area contributed by atoms with Crippen LogP contribution in [0.3, 0.4) is 0 Å². The summed E-state index contributed by atoms with van der Waals surface area (Å²) >= 11 is 0. The van der Waals surface area contributed by atoms with Crippen molar-refractivity contribution < 1.29 is 4.39 Å². The van der Waals surface area contributed by atoms with E-state index in [4.69, 9.17) is 0 Å². The molecule has 126 valence electrons. The zero-order valence-electron chi connectivity index (χ0n) is 13.4. The van der Waals surface area contributed by atoms with Gasteiger partial charge in [0.2, 0.25) is 0 Å². The molecule has 0 bridgehead atoms. The standard InChI is InChI=1S/C16H22FN5.HI/c1-3-18-16(19-8-9-22-12-13(2)10-21-22)20-11-14-4-6-15(17)7-5-14;/h4-7,10,12H,3,8-9,11H2,1-2H3,(H2,18,19,20);1H. The fourth-order valence-electron chi connectivity index (χ4n) is 1.98. The van der Waals surface area contributed by atoms with E-state index in [9.17, 15) is 4.39 Å². The van der Waals surface area contributed by atoms with Gasteiger partial charge in [0, 0.05) is 19.3 Å². The molecule has 2 aromatic rings. The molecule has 0 spiro atoms. The van der Waals surface area contributed by atoms with Crippen LogP contribution in [0.4, 0.5) is 4.39 Å². The number of aromatic nitrogens is 2. The summed E-state index contributed by atoms with van der Waals surface area (Å²) in [6, 6.07) is 6.39. The highest BCUT2D eigenvalue weighted by molar-refractivity contribution is 14.0. The van der Waals surface area contributed by atoms with Crippen LogP contribution in [-0.4, -0.2) is 28.8 Å². The van der Waals surface area contributed by atoms with Gasteiger partial charge in [0.15, 0.2) is 5.96 Å². The predicted octanol–water partition coefficient (Wildman–Crippen LogP) is 2.70. The van der Waals surface area contributed by atoms with Gasteiger partial charge < -0.3 is 10.6 Å². The average Bonchev–Trinajstić information content (AvgIpc) is 2.92. The molecule has 0 amide bonds. The lowest BCUT2D eigenvalue weighted by molar-refractivity contribution is 0.597. The summed E-state index contributed by atoms with van der Waals surface area (Å²) in [6.07, 6.45) is 3.85. The van der Waals surface area contributed by atoms with Crippen molar-refractivity contribution in [3.63, 3.8) is 0 Å². The van der Waals surface area contributed by atoms with Gasteiger partial charge in [0.05, 0.1) is 19.3 Å². The fourth-order valence-corrected chi connectivity index (χ4v) is 1.98. The quantitative estimate of drug-likeness (QED) is 0.420. The number of hydrogen-bond acceptors (Lipinski definition) is 2. The number of benzene rings is 1. The Kier molecular flexibility index (Phi) is 8.60. The minimum absolute atomic E-state index is 0. The van der Waals surface area contributed by atoms with E-state index in [1.54, 1.807) is 12.1 Å². The lowest BCUT2D eigenvalue weighted by atomic mass is 10.2. The number of aryl methyl sites for hydroxylation is 1. The third kappa shape index (κ3) is 6.98. The molecule has 0 saturated heterocycles. The van der Waals surface area contributed by atoms with Crippen molar-refractivity contribution in [2.75, 3.05) is 13.1 Å². The van der Waals surface area contributed by atoms with Crippen LogP contribution in [-0.2, 0) is 13.1 Å². The Morgan fingerprint density at radius 3 is 2.61 bits per heavy atom. The summed E-state index contributed by atoms with van der Waals surface area (Å²) in [7, 11) is 0. The van der Waals surface area contributed by atoms with Gasteiger partial charge in [-0.2, -0.15) is 5.10 Å². The molecule has 0 fully saturated rings. The number of nitrogens with zero attached hydrogens (tertiary/aromatic N) is 3. The van der Waals surface area contributed by atoms with E-state index < -0.39 is 0 Å². The van der Waals surface area contributed by atoms with Gasteiger partial charge in [0.25, 0.3) is 0 Å². The predicted molar refractivity (Wildman–Crippen MR) is 102 cm³/mol. The lowest BCUT2D eigenvalue weighted by Gasteiger charge is -2.11. The Labute approximate surface area is 153 Å². The molecular weight excluding hydrogens is 408 g/mol. The molecule has 23 heavy (non-hydrogen) atoms. The molecule has 0 aliphatic heterocycles. The van der Waals surface area contributed by atoms with Crippen LogP contribution in [0.25, 0.3) is 0 Å². The fraction of sp³-hybridized carbons (Fsp3) is 0.375. The SMILES string of the molecule is CCNC(=NCc1ccc(F)cc1)NCCn1cc(C)cn1.I. The summed E-state index contributed by atoms with van der Waals surface area (Å²) in [5.74, 6) is 0.517.